The van der Waals surface area contributed by atoms with Gasteiger partial charge in [-0.15, -0.1) is 24.0 Å². The lowest BCUT2D eigenvalue weighted by molar-refractivity contribution is 0.187. The van der Waals surface area contributed by atoms with Crippen LogP contribution < -0.4 is 20.1 Å². The van der Waals surface area contributed by atoms with E-state index in [2.05, 4.69) is 23.6 Å². The van der Waals surface area contributed by atoms with Crippen molar-refractivity contribution in [3.8, 4) is 11.5 Å². The Balaban J connectivity index is 0.00000363. The van der Waals surface area contributed by atoms with E-state index in [1.165, 1.54) is 0 Å². The van der Waals surface area contributed by atoms with Gasteiger partial charge < -0.3 is 29.3 Å². The first-order valence-electron chi connectivity index (χ1n) is 11.2. The largest absolute Gasteiger partial charge is 0.490 e. The predicted octanol–water partition coefficient (Wildman–Crippen LogP) is 4.57. The van der Waals surface area contributed by atoms with Gasteiger partial charge in [0.05, 0.1) is 32.1 Å². The van der Waals surface area contributed by atoms with E-state index in [1.54, 1.807) is 6.26 Å². The Bertz CT molecular complexity index is 808. The van der Waals surface area contributed by atoms with Gasteiger partial charge in [0.15, 0.2) is 17.5 Å². The fourth-order valence-corrected chi connectivity index (χ4v) is 3.48. The summed E-state index contributed by atoms with van der Waals surface area (Å²) >= 11 is 0. The maximum absolute atomic E-state index is 5.78. The predicted molar refractivity (Wildman–Crippen MR) is 137 cm³/mol. The molecule has 0 spiro atoms. The molecule has 178 valence electrons. The van der Waals surface area contributed by atoms with Crippen LogP contribution in [0, 0.1) is 5.92 Å². The van der Waals surface area contributed by atoms with Gasteiger partial charge in [-0.25, -0.2) is 0 Å². The summed E-state index contributed by atoms with van der Waals surface area (Å²) in [4.78, 5) is 4.82. The molecule has 2 heterocycles. The quantitative estimate of drug-likeness (QED) is 0.240. The third-order valence-electron chi connectivity index (χ3n) is 5.20. The SMILES string of the molecule is CCOc1ccc(C(C)NC(=NCC2CCOC2)NCCc2ccco2)cc1OCC.I. The second kappa shape index (κ2) is 14.3. The zero-order chi connectivity index (χ0) is 21.9. The molecule has 2 unspecified atom stereocenters. The molecule has 32 heavy (non-hydrogen) atoms. The zero-order valence-electron chi connectivity index (χ0n) is 19.3. The monoisotopic (exact) mass is 557 g/mol. The van der Waals surface area contributed by atoms with Crippen molar-refractivity contribution in [3.05, 3.63) is 47.9 Å². The fourth-order valence-electron chi connectivity index (χ4n) is 3.48. The normalized spacial score (nSPS) is 16.8. The highest BCUT2D eigenvalue weighted by atomic mass is 127. The standard InChI is InChI=1S/C24H35N3O4.HI/c1-4-29-22-9-8-20(15-23(22)30-5-2)18(3)27-24(26-16-19-11-14-28-17-19)25-12-10-21-7-6-13-31-21;/h6-9,13,15,18-19H,4-5,10-12,14,16-17H2,1-3H3,(H2,25,26,27);1H. The van der Waals surface area contributed by atoms with Gasteiger partial charge in [-0.1, -0.05) is 6.07 Å². The fraction of sp³-hybridized carbons (Fsp3) is 0.542. The molecule has 1 aromatic heterocycles. The minimum atomic E-state index is 0. The molecule has 0 bridgehead atoms. The molecular formula is C24H36IN3O4. The van der Waals surface area contributed by atoms with E-state index in [0.29, 0.717) is 19.1 Å². The number of furan rings is 1. The molecule has 1 fully saturated rings. The number of benzene rings is 1. The summed E-state index contributed by atoms with van der Waals surface area (Å²) in [6.45, 7) is 10.4. The Labute approximate surface area is 208 Å². The molecule has 0 radical (unpaired) electrons. The molecule has 1 saturated heterocycles. The lowest BCUT2D eigenvalue weighted by Gasteiger charge is -2.20. The van der Waals surface area contributed by atoms with Crippen LogP contribution in [0.3, 0.4) is 0 Å². The second-order valence-corrected chi connectivity index (χ2v) is 7.61. The van der Waals surface area contributed by atoms with Crippen LogP contribution in [0.1, 0.15) is 44.6 Å². The average Bonchev–Trinajstić information content (AvgIpc) is 3.47. The summed E-state index contributed by atoms with van der Waals surface area (Å²) in [5.41, 5.74) is 1.11. The van der Waals surface area contributed by atoms with Crippen molar-refractivity contribution in [2.24, 2.45) is 10.9 Å². The molecule has 2 N–H and O–H groups in total. The van der Waals surface area contributed by atoms with Gasteiger partial charge in [-0.3, -0.25) is 4.99 Å². The van der Waals surface area contributed by atoms with E-state index in [4.69, 9.17) is 23.6 Å². The Morgan fingerprint density at radius 1 is 1.19 bits per heavy atom. The third-order valence-corrected chi connectivity index (χ3v) is 5.20. The van der Waals surface area contributed by atoms with Gasteiger partial charge in [0.1, 0.15) is 5.76 Å². The maximum Gasteiger partial charge on any atom is 0.191 e. The first-order valence-corrected chi connectivity index (χ1v) is 11.2. The summed E-state index contributed by atoms with van der Waals surface area (Å²) in [7, 11) is 0. The zero-order valence-corrected chi connectivity index (χ0v) is 21.6. The Hall–Kier alpha value is -1.94. The van der Waals surface area contributed by atoms with E-state index >= 15 is 0 Å². The Morgan fingerprint density at radius 2 is 2.00 bits per heavy atom. The lowest BCUT2D eigenvalue weighted by Crippen LogP contribution is -2.40. The minimum Gasteiger partial charge on any atom is -0.490 e. The summed E-state index contributed by atoms with van der Waals surface area (Å²) in [6, 6.07) is 10.0. The van der Waals surface area contributed by atoms with Crippen LogP contribution >= 0.6 is 24.0 Å². The summed E-state index contributed by atoms with van der Waals surface area (Å²) < 4.78 is 22.4. The van der Waals surface area contributed by atoms with Crippen LogP contribution in [0.5, 0.6) is 11.5 Å². The summed E-state index contributed by atoms with van der Waals surface area (Å²) in [6.07, 6.45) is 3.56. The number of halogens is 1. The van der Waals surface area contributed by atoms with Crippen LogP contribution in [0.2, 0.25) is 0 Å². The van der Waals surface area contributed by atoms with Gasteiger partial charge in [-0.2, -0.15) is 0 Å². The maximum atomic E-state index is 5.78. The highest BCUT2D eigenvalue weighted by molar-refractivity contribution is 14.0. The minimum absolute atomic E-state index is 0. The van der Waals surface area contributed by atoms with E-state index in [0.717, 1.165) is 67.9 Å². The number of hydrogen-bond acceptors (Lipinski definition) is 5. The number of hydrogen-bond donors (Lipinski definition) is 2. The number of nitrogens with zero attached hydrogens (tertiary/aromatic N) is 1. The van der Waals surface area contributed by atoms with Crippen molar-refractivity contribution >= 4 is 29.9 Å². The highest BCUT2D eigenvalue weighted by Gasteiger charge is 2.16. The van der Waals surface area contributed by atoms with Gasteiger partial charge in [0.2, 0.25) is 0 Å². The van der Waals surface area contributed by atoms with E-state index < -0.39 is 0 Å². The van der Waals surface area contributed by atoms with Crippen LogP contribution in [0.25, 0.3) is 0 Å². The number of guanidine groups is 1. The second-order valence-electron chi connectivity index (χ2n) is 7.61. The van der Waals surface area contributed by atoms with E-state index in [9.17, 15) is 0 Å². The van der Waals surface area contributed by atoms with Crippen LogP contribution in [0.15, 0.2) is 46.0 Å². The van der Waals surface area contributed by atoms with Crippen molar-refractivity contribution in [3.63, 3.8) is 0 Å². The molecule has 2 atom stereocenters. The van der Waals surface area contributed by atoms with Crippen LogP contribution in [-0.2, 0) is 11.2 Å². The molecular weight excluding hydrogens is 521 g/mol. The molecule has 3 rings (SSSR count). The van der Waals surface area contributed by atoms with Crippen molar-refractivity contribution in [2.75, 3.05) is 39.5 Å². The van der Waals surface area contributed by atoms with Gasteiger partial charge in [-0.05, 0) is 57.0 Å². The van der Waals surface area contributed by atoms with E-state index in [1.807, 2.05) is 38.1 Å². The Kier molecular flexibility index (Phi) is 11.7. The lowest BCUT2D eigenvalue weighted by atomic mass is 10.1. The summed E-state index contributed by atoms with van der Waals surface area (Å²) in [5, 5.41) is 6.97. The molecule has 1 aliphatic heterocycles. The summed E-state index contributed by atoms with van der Waals surface area (Å²) in [5.74, 6) is 3.76. The van der Waals surface area contributed by atoms with Gasteiger partial charge in [0, 0.05) is 32.0 Å². The first kappa shape index (κ1) is 26.3. The Morgan fingerprint density at radius 3 is 2.69 bits per heavy atom. The molecule has 0 amide bonds. The highest BCUT2D eigenvalue weighted by Crippen LogP contribution is 2.30. The number of aliphatic imine (C=N–C) groups is 1. The molecule has 1 aliphatic rings. The molecule has 7 nitrogen and oxygen atoms in total. The molecule has 1 aromatic carbocycles. The van der Waals surface area contributed by atoms with Crippen molar-refractivity contribution in [2.45, 2.75) is 39.7 Å². The number of nitrogens with one attached hydrogen (secondary N) is 2. The molecule has 0 aliphatic carbocycles. The van der Waals surface area contributed by atoms with Crippen molar-refractivity contribution in [1.29, 1.82) is 0 Å². The number of ether oxygens (including phenoxy) is 3. The third kappa shape index (κ3) is 8.20. The topological polar surface area (TPSA) is 77.2 Å². The van der Waals surface area contributed by atoms with E-state index in [-0.39, 0.29) is 30.0 Å². The van der Waals surface area contributed by atoms with Gasteiger partial charge >= 0.3 is 0 Å². The molecule has 8 heteroatoms. The van der Waals surface area contributed by atoms with Gasteiger partial charge in [0.25, 0.3) is 0 Å². The molecule has 2 aromatic rings. The van der Waals surface area contributed by atoms with Crippen molar-refractivity contribution < 1.29 is 18.6 Å². The smallest absolute Gasteiger partial charge is 0.191 e. The van der Waals surface area contributed by atoms with Crippen LogP contribution in [0.4, 0.5) is 0 Å². The number of rotatable bonds is 11. The first-order chi connectivity index (χ1) is 15.2. The van der Waals surface area contributed by atoms with Crippen molar-refractivity contribution in [1.82, 2.24) is 10.6 Å². The molecule has 0 saturated carbocycles. The average molecular weight is 557 g/mol. The van der Waals surface area contributed by atoms with Crippen LogP contribution in [-0.4, -0.2) is 45.5 Å².